The number of anilines is 1. The van der Waals surface area contributed by atoms with E-state index in [0.29, 0.717) is 12.5 Å². The molecule has 0 unspecified atom stereocenters. The molecule has 30 heavy (non-hydrogen) atoms. The van der Waals surface area contributed by atoms with Gasteiger partial charge in [0.2, 0.25) is 0 Å². The van der Waals surface area contributed by atoms with Crippen molar-refractivity contribution in [3.05, 3.63) is 66.2 Å². The Morgan fingerprint density at radius 2 is 1.70 bits per heavy atom. The standard InChI is InChI=1S/C21H24FN7O/c1-30-20-8-6-19(7-9-20)29-15-17(25-26-29)14-24-21(23)28-12-10-27(11-13-28)18-4-2-16(22)3-5-18/h2-9,15H,10-14H2,1H3,(H2,23,24). The summed E-state index contributed by atoms with van der Waals surface area (Å²) >= 11 is 0. The average molecular weight is 409 g/mol. The molecule has 9 heteroatoms. The zero-order valence-electron chi connectivity index (χ0n) is 16.8. The summed E-state index contributed by atoms with van der Waals surface area (Å²) in [5.74, 6) is 1.06. The predicted octanol–water partition coefficient (Wildman–Crippen LogP) is 2.05. The second-order valence-corrected chi connectivity index (χ2v) is 6.98. The van der Waals surface area contributed by atoms with Gasteiger partial charge in [-0.2, -0.15) is 0 Å². The van der Waals surface area contributed by atoms with E-state index in [1.807, 2.05) is 35.4 Å². The first-order valence-corrected chi connectivity index (χ1v) is 9.73. The monoisotopic (exact) mass is 409 g/mol. The van der Waals surface area contributed by atoms with Gasteiger partial charge in [0.25, 0.3) is 0 Å². The number of methoxy groups -OCH3 is 1. The molecule has 156 valence electrons. The lowest BCUT2D eigenvalue weighted by molar-refractivity contribution is 0.380. The summed E-state index contributed by atoms with van der Waals surface area (Å²) in [5.41, 5.74) is 8.83. The number of nitrogens with two attached hydrogens (primary N) is 1. The van der Waals surface area contributed by atoms with Gasteiger partial charge >= 0.3 is 0 Å². The molecule has 1 fully saturated rings. The molecule has 0 saturated carbocycles. The molecule has 3 aromatic rings. The van der Waals surface area contributed by atoms with Crippen LogP contribution in [0.1, 0.15) is 5.69 Å². The summed E-state index contributed by atoms with van der Waals surface area (Å²) in [7, 11) is 1.63. The summed E-state index contributed by atoms with van der Waals surface area (Å²) in [6.45, 7) is 3.47. The van der Waals surface area contributed by atoms with Gasteiger partial charge in [-0.05, 0) is 48.5 Å². The first-order valence-electron chi connectivity index (χ1n) is 9.73. The van der Waals surface area contributed by atoms with Crippen molar-refractivity contribution in [3.8, 4) is 11.4 Å². The first kappa shape index (κ1) is 19.7. The Morgan fingerprint density at radius 1 is 1.03 bits per heavy atom. The third-order valence-electron chi connectivity index (χ3n) is 5.08. The molecule has 0 spiro atoms. The van der Waals surface area contributed by atoms with Crippen molar-refractivity contribution in [2.75, 3.05) is 38.2 Å². The molecule has 2 N–H and O–H groups in total. The van der Waals surface area contributed by atoms with Crippen molar-refractivity contribution >= 4 is 11.6 Å². The first-order chi connectivity index (χ1) is 14.6. The van der Waals surface area contributed by atoms with Crippen LogP contribution in [-0.4, -0.2) is 59.1 Å². The second kappa shape index (κ2) is 8.81. The van der Waals surface area contributed by atoms with Gasteiger partial charge in [-0.1, -0.05) is 5.21 Å². The van der Waals surface area contributed by atoms with E-state index < -0.39 is 0 Å². The largest absolute Gasteiger partial charge is 0.497 e. The lowest BCUT2D eigenvalue weighted by Gasteiger charge is -2.36. The van der Waals surface area contributed by atoms with E-state index in [9.17, 15) is 4.39 Å². The average Bonchev–Trinajstić information content (AvgIpc) is 3.27. The summed E-state index contributed by atoms with van der Waals surface area (Å²) in [6, 6.07) is 14.1. The van der Waals surface area contributed by atoms with Crippen LogP contribution in [0.15, 0.2) is 59.7 Å². The molecule has 1 saturated heterocycles. The molecule has 0 aliphatic carbocycles. The van der Waals surface area contributed by atoms with Crippen molar-refractivity contribution in [1.29, 1.82) is 0 Å². The number of piperazine rings is 1. The normalized spacial score (nSPS) is 14.8. The minimum absolute atomic E-state index is 0.224. The molecular formula is C21H24FN7O. The molecule has 0 radical (unpaired) electrons. The van der Waals surface area contributed by atoms with Gasteiger partial charge in [0, 0.05) is 31.9 Å². The van der Waals surface area contributed by atoms with Crippen LogP contribution in [0.25, 0.3) is 5.69 Å². The summed E-state index contributed by atoms with van der Waals surface area (Å²) in [6.07, 6.45) is 1.84. The van der Waals surface area contributed by atoms with Gasteiger partial charge in [-0.25, -0.2) is 14.1 Å². The number of hydrogen-bond donors (Lipinski definition) is 1. The van der Waals surface area contributed by atoms with Crippen LogP contribution in [0, 0.1) is 5.82 Å². The smallest absolute Gasteiger partial charge is 0.191 e. The van der Waals surface area contributed by atoms with Gasteiger partial charge < -0.3 is 20.3 Å². The second-order valence-electron chi connectivity index (χ2n) is 6.98. The van der Waals surface area contributed by atoms with Crippen LogP contribution >= 0.6 is 0 Å². The lowest BCUT2D eigenvalue weighted by Crippen LogP contribution is -2.51. The van der Waals surface area contributed by atoms with E-state index in [2.05, 4.69) is 20.2 Å². The Bertz CT molecular complexity index is 993. The third-order valence-corrected chi connectivity index (χ3v) is 5.08. The number of benzene rings is 2. The Labute approximate surface area is 174 Å². The summed E-state index contributed by atoms with van der Waals surface area (Å²) < 4.78 is 20.0. The number of aliphatic imine (C=N–C) groups is 1. The molecule has 4 rings (SSSR count). The van der Waals surface area contributed by atoms with Crippen molar-refractivity contribution in [3.63, 3.8) is 0 Å². The minimum Gasteiger partial charge on any atom is -0.497 e. The Morgan fingerprint density at radius 3 is 2.37 bits per heavy atom. The number of halogens is 1. The summed E-state index contributed by atoms with van der Waals surface area (Å²) in [4.78, 5) is 8.74. The maximum atomic E-state index is 13.1. The van der Waals surface area contributed by atoms with Gasteiger partial charge in [0.05, 0.1) is 25.5 Å². The number of hydrogen-bond acceptors (Lipinski definition) is 5. The summed E-state index contributed by atoms with van der Waals surface area (Å²) in [5, 5.41) is 8.32. The van der Waals surface area contributed by atoms with Gasteiger partial charge in [-0.3, -0.25) is 0 Å². The zero-order chi connectivity index (χ0) is 20.9. The highest BCUT2D eigenvalue weighted by atomic mass is 19.1. The number of ether oxygens (including phenoxy) is 1. The Kier molecular flexibility index (Phi) is 5.78. The molecule has 2 aromatic carbocycles. The molecule has 8 nitrogen and oxygen atoms in total. The maximum Gasteiger partial charge on any atom is 0.191 e. The van der Waals surface area contributed by atoms with Crippen molar-refractivity contribution in [1.82, 2.24) is 19.9 Å². The van der Waals surface area contributed by atoms with E-state index in [0.717, 1.165) is 49.0 Å². The van der Waals surface area contributed by atoms with Crippen molar-refractivity contribution < 1.29 is 9.13 Å². The van der Waals surface area contributed by atoms with Gasteiger partial charge in [0.15, 0.2) is 5.96 Å². The third kappa shape index (κ3) is 4.51. The Hall–Kier alpha value is -3.62. The molecule has 1 aromatic heterocycles. The fourth-order valence-corrected chi connectivity index (χ4v) is 3.34. The zero-order valence-corrected chi connectivity index (χ0v) is 16.8. The van der Waals surface area contributed by atoms with Crippen LogP contribution < -0.4 is 15.4 Å². The van der Waals surface area contributed by atoms with Crippen LogP contribution in [-0.2, 0) is 6.54 Å². The van der Waals surface area contributed by atoms with E-state index in [-0.39, 0.29) is 5.82 Å². The lowest BCUT2D eigenvalue weighted by atomic mass is 10.2. The number of nitrogens with zero attached hydrogens (tertiary/aromatic N) is 6. The van der Waals surface area contributed by atoms with Crippen LogP contribution in [0.2, 0.25) is 0 Å². The Balaban J connectivity index is 1.32. The predicted molar refractivity (Wildman–Crippen MR) is 113 cm³/mol. The van der Waals surface area contributed by atoms with Gasteiger partial charge in [-0.15, -0.1) is 5.10 Å². The molecule has 2 heterocycles. The number of rotatable bonds is 5. The molecular weight excluding hydrogens is 385 g/mol. The van der Waals surface area contributed by atoms with Crippen LogP contribution in [0.5, 0.6) is 5.75 Å². The molecule has 0 amide bonds. The van der Waals surface area contributed by atoms with E-state index >= 15 is 0 Å². The molecule has 0 atom stereocenters. The van der Waals surface area contributed by atoms with Crippen molar-refractivity contribution in [2.45, 2.75) is 6.54 Å². The highest BCUT2D eigenvalue weighted by Gasteiger charge is 2.18. The fraction of sp³-hybridized carbons (Fsp3) is 0.286. The van der Waals surface area contributed by atoms with E-state index in [4.69, 9.17) is 10.5 Å². The topological polar surface area (TPSA) is 84.8 Å². The fourth-order valence-electron chi connectivity index (χ4n) is 3.34. The van der Waals surface area contributed by atoms with Crippen LogP contribution in [0.3, 0.4) is 0 Å². The SMILES string of the molecule is COc1ccc(-n2cc(CN=C(N)N3CCN(c4ccc(F)cc4)CC3)nn2)cc1. The van der Waals surface area contributed by atoms with Crippen LogP contribution in [0.4, 0.5) is 10.1 Å². The quantitative estimate of drug-likeness (QED) is 0.513. The van der Waals surface area contributed by atoms with Crippen molar-refractivity contribution in [2.24, 2.45) is 10.7 Å². The molecule has 1 aliphatic heterocycles. The van der Waals surface area contributed by atoms with Gasteiger partial charge in [0.1, 0.15) is 17.3 Å². The molecule has 0 bridgehead atoms. The highest BCUT2D eigenvalue weighted by Crippen LogP contribution is 2.17. The maximum absolute atomic E-state index is 13.1. The minimum atomic E-state index is -0.224. The number of aromatic nitrogens is 3. The van der Waals surface area contributed by atoms with E-state index in [1.165, 1.54) is 12.1 Å². The highest BCUT2D eigenvalue weighted by molar-refractivity contribution is 5.78. The molecule has 1 aliphatic rings. The number of guanidine groups is 1. The van der Waals surface area contributed by atoms with E-state index in [1.54, 1.807) is 23.9 Å².